The summed E-state index contributed by atoms with van der Waals surface area (Å²) in [4.78, 5) is 15.7. The summed E-state index contributed by atoms with van der Waals surface area (Å²) in [6.45, 7) is 5.55. The zero-order chi connectivity index (χ0) is 17.6. The van der Waals surface area contributed by atoms with E-state index in [1.807, 2.05) is 13.8 Å². The maximum absolute atomic E-state index is 13.2. The number of halogens is 2. The van der Waals surface area contributed by atoms with Crippen molar-refractivity contribution in [3.05, 3.63) is 52.1 Å². The van der Waals surface area contributed by atoms with Crippen molar-refractivity contribution in [2.45, 2.75) is 26.7 Å². The Kier molecular flexibility index (Phi) is 4.01. The van der Waals surface area contributed by atoms with Crippen LogP contribution in [-0.2, 0) is 0 Å². The van der Waals surface area contributed by atoms with Crippen LogP contribution in [0.5, 0.6) is 0 Å². The molecule has 2 heterocycles. The van der Waals surface area contributed by atoms with E-state index in [4.69, 9.17) is 11.6 Å². The van der Waals surface area contributed by atoms with Crippen molar-refractivity contribution in [1.82, 2.24) is 14.8 Å². The van der Waals surface area contributed by atoms with E-state index in [9.17, 15) is 14.3 Å². The number of hydrogen-bond donors (Lipinski definition) is 1. The lowest BCUT2D eigenvalue weighted by Gasteiger charge is -2.07. The monoisotopic (exact) mass is 347 g/mol. The molecule has 0 aliphatic heterocycles. The van der Waals surface area contributed by atoms with Gasteiger partial charge < -0.3 is 5.11 Å². The Morgan fingerprint density at radius 1 is 1.29 bits per heavy atom. The fourth-order valence-corrected chi connectivity index (χ4v) is 2.87. The quantitative estimate of drug-likeness (QED) is 0.765. The summed E-state index contributed by atoms with van der Waals surface area (Å²) in [7, 11) is 0. The van der Waals surface area contributed by atoms with Gasteiger partial charge in [-0.2, -0.15) is 5.10 Å². The molecule has 0 saturated heterocycles. The number of carboxylic acid groups (broad SMARTS) is 1. The molecule has 0 fully saturated rings. The van der Waals surface area contributed by atoms with Gasteiger partial charge in [-0.15, -0.1) is 0 Å². The minimum Gasteiger partial charge on any atom is -0.477 e. The predicted octanol–water partition coefficient (Wildman–Crippen LogP) is 4.34. The number of fused-ring (bicyclic) bond motifs is 1. The smallest absolute Gasteiger partial charge is 0.354 e. The largest absolute Gasteiger partial charge is 0.477 e. The van der Waals surface area contributed by atoms with Gasteiger partial charge in [0, 0.05) is 5.56 Å². The van der Waals surface area contributed by atoms with E-state index >= 15 is 0 Å². The van der Waals surface area contributed by atoms with Crippen molar-refractivity contribution in [3.63, 3.8) is 0 Å². The minimum absolute atomic E-state index is 0.0589. The van der Waals surface area contributed by atoms with Crippen molar-refractivity contribution in [3.8, 4) is 5.69 Å². The summed E-state index contributed by atoms with van der Waals surface area (Å²) < 4.78 is 14.7. The van der Waals surface area contributed by atoms with Crippen LogP contribution in [0.15, 0.2) is 24.3 Å². The standard InChI is InChI=1S/C17H15ClFN3O2/c1-8(2)14-12-13(18)9(3)15(17(23)24)20-16(12)22(21-14)11-6-4-10(19)5-7-11/h4-8H,1-3H3,(H,23,24). The van der Waals surface area contributed by atoms with Crippen molar-refractivity contribution in [2.24, 2.45) is 0 Å². The highest BCUT2D eigenvalue weighted by atomic mass is 35.5. The lowest BCUT2D eigenvalue weighted by molar-refractivity contribution is 0.0690. The van der Waals surface area contributed by atoms with Gasteiger partial charge in [-0.3, -0.25) is 0 Å². The van der Waals surface area contributed by atoms with Crippen molar-refractivity contribution in [2.75, 3.05) is 0 Å². The summed E-state index contributed by atoms with van der Waals surface area (Å²) >= 11 is 6.43. The second-order valence-corrected chi connectivity index (χ2v) is 6.21. The van der Waals surface area contributed by atoms with Crippen molar-refractivity contribution in [1.29, 1.82) is 0 Å². The third-order valence-corrected chi connectivity index (χ3v) is 4.30. The van der Waals surface area contributed by atoms with E-state index in [0.29, 0.717) is 33.0 Å². The van der Waals surface area contributed by atoms with Gasteiger partial charge in [0.15, 0.2) is 11.3 Å². The molecule has 2 aromatic heterocycles. The number of rotatable bonds is 3. The Balaban J connectivity index is 2.42. The Labute approximate surface area is 142 Å². The van der Waals surface area contributed by atoms with E-state index < -0.39 is 5.97 Å². The number of hydrogen-bond acceptors (Lipinski definition) is 3. The van der Waals surface area contributed by atoms with Crippen LogP contribution in [0.1, 0.15) is 41.5 Å². The fraction of sp³-hybridized carbons (Fsp3) is 0.235. The minimum atomic E-state index is -1.16. The lowest BCUT2D eigenvalue weighted by Crippen LogP contribution is -2.06. The van der Waals surface area contributed by atoms with Gasteiger partial charge in [-0.1, -0.05) is 25.4 Å². The zero-order valence-electron chi connectivity index (χ0n) is 13.3. The SMILES string of the molecule is Cc1c(C(=O)O)nc2c(c(C(C)C)nn2-c2ccc(F)cc2)c1Cl. The molecule has 1 N–H and O–H groups in total. The molecule has 3 aromatic rings. The van der Waals surface area contributed by atoms with Gasteiger partial charge >= 0.3 is 5.97 Å². The lowest BCUT2D eigenvalue weighted by atomic mass is 10.1. The Morgan fingerprint density at radius 2 is 1.92 bits per heavy atom. The number of pyridine rings is 1. The molecule has 0 atom stereocenters. The molecule has 0 bridgehead atoms. The summed E-state index contributed by atoms with van der Waals surface area (Å²) in [6.07, 6.45) is 0. The number of aromatic nitrogens is 3. The van der Waals surface area contributed by atoms with Gasteiger partial charge in [0.25, 0.3) is 0 Å². The Hall–Kier alpha value is -2.47. The molecule has 124 valence electrons. The van der Waals surface area contributed by atoms with E-state index in [0.717, 1.165) is 0 Å². The summed E-state index contributed by atoms with van der Waals surface area (Å²) in [5, 5.41) is 14.9. The summed E-state index contributed by atoms with van der Waals surface area (Å²) in [5.74, 6) is -1.47. The maximum atomic E-state index is 13.2. The van der Waals surface area contributed by atoms with Crippen molar-refractivity contribution >= 4 is 28.6 Å². The predicted molar refractivity (Wildman–Crippen MR) is 89.6 cm³/mol. The van der Waals surface area contributed by atoms with Gasteiger partial charge in [-0.25, -0.2) is 18.9 Å². The van der Waals surface area contributed by atoms with Crippen LogP contribution in [0.25, 0.3) is 16.7 Å². The van der Waals surface area contributed by atoms with E-state index in [2.05, 4.69) is 10.1 Å². The number of carboxylic acids is 1. The third kappa shape index (κ3) is 2.53. The average Bonchev–Trinajstić information content (AvgIpc) is 2.91. The van der Waals surface area contributed by atoms with Crippen LogP contribution >= 0.6 is 11.6 Å². The molecule has 0 unspecified atom stereocenters. The first-order valence-electron chi connectivity index (χ1n) is 7.39. The molecular weight excluding hydrogens is 333 g/mol. The molecular formula is C17H15ClFN3O2. The highest BCUT2D eigenvalue weighted by Crippen LogP contribution is 2.34. The molecule has 24 heavy (non-hydrogen) atoms. The summed E-state index contributed by atoms with van der Waals surface area (Å²) in [6, 6.07) is 5.74. The maximum Gasteiger partial charge on any atom is 0.354 e. The fourth-order valence-electron chi connectivity index (χ4n) is 2.60. The summed E-state index contributed by atoms with van der Waals surface area (Å²) in [5.41, 5.74) is 1.92. The normalized spacial score (nSPS) is 11.4. The number of carbonyl (C=O) groups is 1. The highest BCUT2D eigenvalue weighted by molar-refractivity contribution is 6.36. The molecule has 0 radical (unpaired) electrons. The van der Waals surface area contributed by atoms with Crippen LogP contribution in [-0.4, -0.2) is 25.8 Å². The van der Waals surface area contributed by atoms with Crippen LogP contribution in [0.4, 0.5) is 4.39 Å². The Bertz CT molecular complexity index is 949. The van der Waals surface area contributed by atoms with Gasteiger partial charge in [-0.05, 0) is 37.1 Å². The van der Waals surface area contributed by atoms with Crippen LogP contribution in [0.2, 0.25) is 5.02 Å². The molecule has 1 aromatic carbocycles. The topological polar surface area (TPSA) is 68.0 Å². The highest BCUT2D eigenvalue weighted by Gasteiger charge is 2.24. The first-order valence-corrected chi connectivity index (χ1v) is 7.77. The molecule has 3 rings (SSSR count). The molecule has 0 aliphatic carbocycles. The molecule has 5 nitrogen and oxygen atoms in total. The number of aromatic carboxylic acids is 1. The van der Waals surface area contributed by atoms with Crippen LogP contribution < -0.4 is 0 Å². The first-order chi connectivity index (χ1) is 11.3. The van der Waals surface area contributed by atoms with Gasteiger partial charge in [0.05, 0.1) is 21.8 Å². The van der Waals surface area contributed by atoms with E-state index in [-0.39, 0.29) is 17.4 Å². The molecule has 0 saturated carbocycles. The first kappa shape index (κ1) is 16.4. The molecule has 0 spiro atoms. The average molecular weight is 348 g/mol. The van der Waals surface area contributed by atoms with Crippen LogP contribution in [0.3, 0.4) is 0 Å². The Morgan fingerprint density at radius 3 is 2.46 bits per heavy atom. The molecule has 0 amide bonds. The number of benzene rings is 1. The number of nitrogens with zero attached hydrogens (tertiary/aromatic N) is 3. The molecule has 0 aliphatic rings. The van der Waals surface area contributed by atoms with Gasteiger partial charge in [0.2, 0.25) is 0 Å². The zero-order valence-corrected chi connectivity index (χ0v) is 14.1. The van der Waals surface area contributed by atoms with Crippen LogP contribution in [0, 0.1) is 12.7 Å². The second kappa shape index (κ2) is 5.87. The van der Waals surface area contributed by atoms with E-state index in [1.165, 1.54) is 16.8 Å². The second-order valence-electron chi connectivity index (χ2n) is 5.83. The van der Waals surface area contributed by atoms with Crippen molar-refractivity contribution < 1.29 is 14.3 Å². The van der Waals surface area contributed by atoms with Gasteiger partial charge in [0.1, 0.15) is 5.82 Å². The third-order valence-electron chi connectivity index (χ3n) is 3.83. The van der Waals surface area contributed by atoms with E-state index in [1.54, 1.807) is 19.1 Å². The molecule has 7 heteroatoms.